The molecule has 0 aliphatic carbocycles. The van der Waals surface area contributed by atoms with E-state index in [0.29, 0.717) is 12.8 Å². The molecule has 0 amide bonds. The highest BCUT2D eigenvalue weighted by Crippen LogP contribution is 2.14. The lowest BCUT2D eigenvalue weighted by Crippen LogP contribution is -2.24. The highest BCUT2D eigenvalue weighted by atomic mass is 32.2. The van der Waals surface area contributed by atoms with E-state index in [0.717, 1.165) is 6.26 Å². The second-order valence-corrected chi connectivity index (χ2v) is 8.27. The number of hydrogen-bond acceptors (Lipinski definition) is 5. The van der Waals surface area contributed by atoms with Gasteiger partial charge in [0.25, 0.3) is 0 Å². The molecule has 0 saturated carbocycles. The molecule has 0 radical (unpaired) electrons. The van der Waals surface area contributed by atoms with Gasteiger partial charge in [-0.15, -0.1) is 0 Å². The molecule has 0 unspecified atom stereocenters. The first kappa shape index (κ1) is 17.6. The normalized spacial score (nSPS) is 12.2. The largest absolute Gasteiger partial charge is 0.481 e. The third kappa shape index (κ3) is 5.82. The van der Waals surface area contributed by atoms with E-state index in [1.165, 1.54) is 24.3 Å². The van der Waals surface area contributed by atoms with E-state index in [9.17, 15) is 21.6 Å². The minimum atomic E-state index is -3.72. The number of carboxylic acids is 1. The molecule has 118 valence electrons. The predicted molar refractivity (Wildman–Crippen MR) is 76.2 cm³/mol. The summed E-state index contributed by atoms with van der Waals surface area (Å²) in [6.45, 7) is 0.128. The Hall–Kier alpha value is -1.45. The molecule has 0 aliphatic heterocycles. The van der Waals surface area contributed by atoms with Crippen LogP contribution < -0.4 is 4.72 Å². The van der Waals surface area contributed by atoms with Crippen LogP contribution in [0.3, 0.4) is 0 Å². The molecule has 7 nitrogen and oxygen atoms in total. The predicted octanol–water partition coefficient (Wildman–Crippen LogP) is 0.623. The van der Waals surface area contributed by atoms with E-state index in [1.807, 2.05) is 0 Å². The maximum absolute atomic E-state index is 11.9. The Bertz CT molecular complexity index is 692. The van der Waals surface area contributed by atoms with Crippen molar-refractivity contribution in [3.63, 3.8) is 0 Å². The van der Waals surface area contributed by atoms with Crippen LogP contribution in [0.1, 0.15) is 19.3 Å². The van der Waals surface area contributed by atoms with Crippen LogP contribution in [-0.4, -0.2) is 40.7 Å². The molecule has 0 saturated heterocycles. The highest BCUT2D eigenvalue weighted by molar-refractivity contribution is 7.90. The molecule has 2 N–H and O–H groups in total. The van der Waals surface area contributed by atoms with Crippen molar-refractivity contribution < 1.29 is 26.7 Å². The lowest BCUT2D eigenvalue weighted by Gasteiger charge is -2.07. The summed E-state index contributed by atoms with van der Waals surface area (Å²) < 4.78 is 48.7. The van der Waals surface area contributed by atoms with Gasteiger partial charge in [-0.2, -0.15) is 0 Å². The van der Waals surface area contributed by atoms with Crippen LogP contribution >= 0.6 is 0 Å². The van der Waals surface area contributed by atoms with Crippen LogP contribution in [0.4, 0.5) is 0 Å². The number of sulfonamides is 1. The van der Waals surface area contributed by atoms with E-state index in [2.05, 4.69) is 4.72 Å². The number of rotatable bonds is 8. The standard InChI is InChI=1S/C12H17NO6S2/c1-20(16,17)10-5-7-11(8-6-10)21(18,19)13-9-3-2-4-12(14)15/h5-8,13H,2-4,9H2,1H3,(H,14,15). The molecule has 9 heteroatoms. The van der Waals surface area contributed by atoms with Crippen LogP contribution in [0.15, 0.2) is 34.1 Å². The van der Waals surface area contributed by atoms with Crippen LogP contribution in [0, 0.1) is 0 Å². The van der Waals surface area contributed by atoms with Gasteiger partial charge in [0.2, 0.25) is 10.0 Å². The molecule has 0 atom stereocenters. The zero-order chi connectivity index (χ0) is 16.1. The van der Waals surface area contributed by atoms with Gasteiger partial charge < -0.3 is 5.11 Å². The Balaban J connectivity index is 2.64. The molecule has 0 heterocycles. The molecular weight excluding hydrogens is 318 g/mol. The highest BCUT2D eigenvalue weighted by Gasteiger charge is 2.15. The summed E-state index contributed by atoms with van der Waals surface area (Å²) in [5.41, 5.74) is 0. The Morgan fingerprint density at radius 1 is 1.05 bits per heavy atom. The Morgan fingerprint density at radius 2 is 1.57 bits per heavy atom. The Labute approximate surface area is 124 Å². The van der Waals surface area contributed by atoms with Crippen molar-refractivity contribution in [2.75, 3.05) is 12.8 Å². The Morgan fingerprint density at radius 3 is 2.05 bits per heavy atom. The van der Waals surface area contributed by atoms with Crippen molar-refractivity contribution in [1.82, 2.24) is 4.72 Å². The average Bonchev–Trinajstić information content (AvgIpc) is 2.37. The maximum Gasteiger partial charge on any atom is 0.303 e. The van der Waals surface area contributed by atoms with Crippen molar-refractivity contribution in [3.05, 3.63) is 24.3 Å². The van der Waals surface area contributed by atoms with E-state index in [1.54, 1.807) is 0 Å². The summed E-state index contributed by atoms with van der Waals surface area (Å²) in [6, 6.07) is 4.90. The van der Waals surface area contributed by atoms with Gasteiger partial charge in [0.15, 0.2) is 9.84 Å². The molecular formula is C12H17NO6S2. The summed E-state index contributed by atoms with van der Waals surface area (Å²) in [7, 11) is -7.08. The fraction of sp³-hybridized carbons (Fsp3) is 0.417. The quantitative estimate of drug-likeness (QED) is 0.673. The number of hydrogen-bond donors (Lipinski definition) is 2. The number of carboxylic acid groups (broad SMARTS) is 1. The van der Waals surface area contributed by atoms with Crippen LogP contribution in [0.2, 0.25) is 0 Å². The van der Waals surface area contributed by atoms with Gasteiger partial charge in [-0.05, 0) is 37.1 Å². The van der Waals surface area contributed by atoms with Crippen LogP contribution in [-0.2, 0) is 24.7 Å². The first-order valence-corrected chi connectivity index (χ1v) is 9.52. The number of sulfone groups is 1. The molecule has 1 aromatic carbocycles. The minimum Gasteiger partial charge on any atom is -0.481 e. The molecule has 21 heavy (non-hydrogen) atoms. The summed E-state index contributed by atoms with van der Waals surface area (Å²) in [4.78, 5) is 10.3. The van der Waals surface area contributed by atoms with Crippen LogP contribution in [0.25, 0.3) is 0 Å². The van der Waals surface area contributed by atoms with Crippen molar-refractivity contribution in [3.8, 4) is 0 Å². The number of benzene rings is 1. The molecule has 1 rings (SSSR count). The van der Waals surface area contributed by atoms with Gasteiger partial charge in [0.05, 0.1) is 9.79 Å². The lowest BCUT2D eigenvalue weighted by molar-refractivity contribution is -0.137. The number of nitrogens with one attached hydrogen (secondary N) is 1. The van der Waals surface area contributed by atoms with Gasteiger partial charge in [-0.3, -0.25) is 4.79 Å². The molecule has 0 spiro atoms. The second-order valence-electron chi connectivity index (χ2n) is 4.49. The molecule has 0 aliphatic rings. The average molecular weight is 335 g/mol. The number of unbranched alkanes of at least 4 members (excludes halogenated alkanes) is 1. The fourth-order valence-electron chi connectivity index (χ4n) is 1.56. The summed E-state index contributed by atoms with van der Waals surface area (Å²) >= 11 is 0. The van der Waals surface area contributed by atoms with Crippen molar-refractivity contribution in [2.24, 2.45) is 0 Å². The van der Waals surface area contributed by atoms with E-state index < -0.39 is 25.8 Å². The van der Waals surface area contributed by atoms with Gasteiger partial charge in [0, 0.05) is 19.2 Å². The number of carbonyl (C=O) groups is 1. The molecule has 0 aromatic heterocycles. The second kappa shape index (κ2) is 7.01. The first-order valence-electron chi connectivity index (χ1n) is 6.14. The van der Waals surface area contributed by atoms with E-state index in [4.69, 9.17) is 5.11 Å². The molecule has 0 fully saturated rings. The first-order chi connectivity index (χ1) is 9.63. The lowest BCUT2D eigenvalue weighted by atomic mass is 10.2. The van der Waals surface area contributed by atoms with Gasteiger partial charge in [0.1, 0.15) is 0 Å². The SMILES string of the molecule is CS(=O)(=O)c1ccc(S(=O)(=O)NCCCCC(=O)O)cc1. The zero-order valence-corrected chi connectivity index (χ0v) is 13.1. The van der Waals surface area contributed by atoms with E-state index >= 15 is 0 Å². The topological polar surface area (TPSA) is 118 Å². The zero-order valence-electron chi connectivity index (χ0n) is 11.4. The van der Waals surface area contributed by atoms with Crippen molar-refractivity contribution in [1.29, 1.82) is 0 Å². The third-order valence-corrected chi connectivity index (χ3v) is 5.28. The Kier molecular flexibility index (Phi) is 5.87. The molecule has 0 bridgehead atoms. The van der Waals surface area contributed by atoms with Crippen LogP contribution in [0.5, 0.6) is 0 Å². The minimum absolute atomic E-state index is 0.00914. The van der Waals surface area contributed by atoms with Gasteiger partial charge in [-0.25, -0.2) is 21.6 Å². The van der Waals surface area contributed by atoms with Gasteiger partial charge in [-0.1, -0.05) is 0 Å². The molecule has 1 aromatic rings. The fourth-order valence-corrected chi connectivity index (χ4v) is 3.26. The smallest absolute Gasteiger partial charge is 0.303 e. The third-order valence-electron chi connectivity index (χ3n) is 2.67. The van der Waals surface area contributed by atoms with Gasteiger partial charge >= 0.3 is 5.97 Å². The summed E-state index contributed by atoms with van der Waals surface area (Å²) in [6.07, 6.45) is 1.82. The number of aliphatic carboxylic acids is 1. The monoisotopic (exact) mass is 335 g/mol. The summed E-state index contributed by atoms with van der Waals surface area (Å²) in [5.74, 6) is -0.922. The summed E-state index contributed by atoms with van der Waals surface area (Å²) in [5, 5.41) is 8.45. The van der Waals surface area contributed by atoms with Crippen molar-refractivity contribution >= 4 is 25.8 Å². The maximum atomic E-state index is 11.9. The van der Waals surface area contributed by atoms with Crippen molar-refractivity contribution in [2.45, 2.75) is 29.1 Å². The van der Waals surface area contributed by atoms with E-state index in [-0.39, 0.29) is 22.8 Å².